The first-order valence-corrected chi connectivity index (χ1v) is 11.4. The molecule has 0 aliphatic carbocycles. The molecule has 4 rings (SSSR count). The number of hydrogen-bond acceptors (Lipinski definition) is 8. The third kappa shape index (κ3) is 3.62. The zero-order chi connectivity index (χ0) is 22.9. The maximum Gasteiger partial charge on any atom is 0.273 e. The van der Waals surface area contributed by atoms with Crippen molar-refractivity contribution in [1.82, 2.24) is 9.97 Å². The third-order valence-electron chi connectivity index (χ3n) is 4.90. The normalized spacial score (nSPS) is 15.3. The standard InChI is InChI=1S/C21H18ClN7O2S/c1-2-16(27-20-14(11-23)19(24)25-12-26-20)21-28-17-10-6-9-15(22)18(17)32(30,31)29(21)13-7-4-3-5-8-13/h3-10,12,16H,2H2,1H3,(H3,24,25,26,27). The summed E-state index contributed by atoms with van der Waals surface area (Å²) in [6.45, 7) is 1.86. The van der Waals surface area contributed by atoms with Gasteiger partial charge in [-0.05, 0) is 30.7 Å². The second kappa shape index (κ2) is 8.45. The zero-order valence-corrected chi connectivity index (χ0v) is 18.5. The van der Waals surface area contributed by atoms with Gasteiger partial charge < -0.3 is 11.1 Å². The number of aliphatic imine (C=N–C) groups is 1. The van der Waals surface area contributed by atoms with Gasteiger partial charge in [0.25, 0.3) is 10.0 Å². The molecule has 1 atom stereocenters. The van der Waals surface area contributed by atoms with Crippen LogP contribution >= 0.6 is 11.6 Å². The number of rotatable bonds is 5. The SMILES string of the molecule is CCC(Nc1ncnc(N)c1C#N)C1=Nc2cccc(Cl)c2S(=O)(=O)N1c1ccccc1. The molecular weight excluding hydrogens is 450 g/mol. The van der Waals surface area contributed by atoms with Gasteiger partial charge in [-0.1, -0.05) is 42.8 Å². The summed E-state index contributed by atoms with van der Waals surface area (Å²) in [4.78, 5) is 12.6. The minimum Gasteiger partial charge on any atom is -0.382 e. The van der Waals surface area contributed by atoms with Gasteiger partial charge in [0.2, 0.25) is 0 Å². The van der Waals surface area contributed by atoms with E-state index in [-0.39, 0.29) is 38.6 Å². The van der Waals surface area contributed by atoms with E-state index in [1.165, 1.54) is 16.7 Å². The minimum absolute atomic E-state index is 0.0232. The first kappa shape index (κ1) is 21.5. The van der Waals surface area contributed by atoms with E-state index in [4.69, 9.17) is 17.3 Å². The number of amidine groups is 1. The molecular formula is C21H18ClN7O2S. The summed E-state index contributed by atoms with van der Waals surface area (Å²) in [5, 5.41) is 12.7. The molecule has 1 aliphatic rings. The van der Waals surface area contributed by atoms with Crippen LogP contribution in [0, 0.1) is 11.3 Å². The van der Waals surface area contributed by atoms with Crippen LogP contribution in [0.2, 0.25) is 5.02 Å². The van der Waals surface area contributed by atoms with Crippen LogP contribution < -0.4 is 15.4 Å². The van der Waals surface area contributed by atoms with E-state index in [9.17, 15) is 13.7 Å². The molecule has 2 heterocycles. The van der Waals surface area contributed by atoms with Crippen molar-refractivity contribution >= 4 is 50.5 Å². The Morgan fingerprint density at radius 2 is 1.94 bits per heavy atom. The lowest BCUT2D eigenvalue weighted by Gasteiger charge is -2.34. The number of halogens is 1. The predicted octanol–water partition coefficient (Wildman–Crippen LogP) is 3.71. The number of nitrogens with two attached hydrogens (primary N) is 1. The van der Waals surface area contributed by atoms with E-state index in [0.717, 1.165) is 0 Å². The molecule has 0 saturated heterocycles. The van der Waals surface area contributed by atoms with Crippen LogP contribution in [0.4, 0.5) is 23.0 Å². The summed E-state index contributed by atoms with van der Waals surface area (Å²) in [5.74, 6) is 0.432. The molecule has 0 bridgehead atoms. The fraction of sp³-hybridized carbons (Fsp3) is 0.143. The Kier molecular flexibility index (Phi) is 5.69. The predicted molar refractivity (Wildman–Crippen MR) is 124 cm³/mol. The number of nitrogens with one attached hydrogen (secondary N) is 1. The van der Waals surface area contributed by atoms with Crippen molar-refractivity contribution < 1.29 is 8.42 Å². The minimum atomic E-state index is -4.08. The van der Waals surface area contributed by atoms with Gasteiger partial charge in [-0.2, -0.15) is 5.26 Å². The first-order chi connectivity index (χ1) is 15.4. The first-order valence-electron chi connectivity index (χ1n) is 9.63. The Hall–Kier alpha value is -3.68. The summed E-state index contributed by atoms with van der Waals surface area (Å²) in [6.07, 6.45) is 1.66. The molecule has 11 heteroatoms. The molecule has 3 N–H and O–H groups in total. The topological polar surface area (TPSA) is 137 Å². The summed E-state index contributed by atoms with van der Waals surface area (Å²) >= 11 is 6.27. The van der Waals surface area contributed by atoms with Crippen molar-refractivity contribution in [2.75, 3.05) is 15.4 Å². The maximum atomic E-state index is 13.7. The number of hydrogen-bond donors (Lipinski definition) is 2. The number of anilines is 3. The number of nitrogens with zero attached hydrogens (tertiary/aromatic N) is 5. The van der Waals surface area contributed by atoms with Crippen molar-refractivity contribution in [2.24, 2.45) is 4.99 Å². The lowest BCUT2D eigenvalue weighted by molar-refractivity contribution is 0.595. The number of nitriles is 1. The largest absolute Gasteiger partial charge is 0.382 e. The van der Waals surface area contributed by atoms with Crippen molar-refractivity contribution in [3.63, 3.8) is 0 Å². The number of fused-ring (bicyclic) bond motifs is 1. The van der Waals surface area contributed by atoms with Crippen LogP contribution in [0.3, 0.4) is 0 Å². The highest BCUT2D eigenvalue weighted by atomic mass is 35.5. The van der Waals surface area contributed by atoms with Gasteiger partial charge in [0.05, 0.1) is 22.4 Å². The van der Waals surface area contributed by atoms with Crippen LogP contribution in [0.25, 0.3) is 0 Å². The van der Waals surface area contributed by atoms with Crippen LogP contribution in [-0.2, 0) is 10.0 Å². The van der Waals surface area contributed by atoms with Crippen molar-refractivity contribution in [3.8, 4) is 6.07 Å². The quantitative estimate of drug-likeness (QED) is 0.583. The number of para-hydroxylation sites is 1. The molecule has 162 valence electrons. The Morgan fingerprint density at radius 3 is 2.62 bits per heavy atom. The molecule has 1 aliphatic heterocycles. The molecule has 9 nitrogen and oxygen atoms in total. The van der Waals surface area contributed by atoms with E-state index >= 15 is 0 Å². The van der Waals surface area contributed by atoms with Crippen molar-refractivity contribution in [2.45, 2.75) is 24.3 Å². The van der Waals surface area contributed by atoms with Crippen LogP contribution in [-0.4, -0.2) is 30.3 Å². The van der Waals surface area contributed by atoms with Gasteiger partial charge in [0.1, 0.15) is 40.3 Å². The molecule has 0 fully saturated rings. The van der Waals surface area contributed by atoms with Gasteiger partial charge in [-0.25, -0.2) is 27.7 Å². The molecule has 0 spiro atoms. The van der Waals surface area contributed by atoms with E-state index < -0.39 is 16.1 Å². The second-order valence-corrected chi connectivity index (χ2v) is 8.99. The Morgan fingerprint density at radius 1 is 1.19 bits per heavy atom. The Bertz CT molecular complexity index is 1350. The van der Waals surface area contributed by atoms with Crippen molar-refractivity contribution in [1.29, 1.82) is 5.26 Å². The van der Waals surface area contributed by atoms with Crippen LogP contribution in [0.5, 0.6) is 0 Å². The summed E-state index contributed by atoms with van der Waals surface area (Å²) in [5.41, 5.74) is 6.51. The van der Waals surface area contributed by atoms with Gasteiger partial charge in [0, 0.05) is 0 Å². The summed E-state index contributed by atoms with van der Waals surface area (Å²) in [6, 6.07) is 14.7. The molecule has 1 unspecified atom stereocenters. The average Bonchev–Trinajstić information content (AvgIpc) is 2.77. The summed E-state index contributed by atoms with van der Waals surface area (Å²) in [7, 11) is -4.08. The third-order valence-corrected chi connectivity index (χ3v) is 7.15. The molecule has 32 heavy (non-hydrogen) atoms. The molecule has 1 aromatic heterocycles. The highest BCUT2D eigenvalue weighted by molar-refractivity contribution is 7.94. The zero-order valence-electron chi connectivity index (χ0n) is 16.9. The van der Waals surface area contributed by atoms with Gasteiger partial charge in [-0.3, -0.25) is 0 Å². The molecule has 3 aromatic rings. The lowest BCUT2D eigenvalue weighted by atomic mass is 10.1. The van der Waals surface area contributed by atoms with E-state index in [0.29, 0.717) is 12.1 Å². The van der Waals surface area contributed by atoms with Crippen molar-refractivity contribution in [3.05, 3.63) is 65.4 Å². The van der Waals surface area contributed by atoms with Crippen LogP contribution in [0.15, 0.2) is 64.7 Å². The fourth-order valence-corrected chi connectivity index (χ4v) is 5.56. The average molecular weight is 468 g/mol. The van der Waals surface area contributed by atoms with Gasteiger partial charge in [-0.15, -0.1) is 0 Å². The van der Waals surface area contributed by atoms with E-state index in [2.05, 4.69) is 20.3 Å². The maximum absolute atomic E-state index is 13.7. The summed E-state index contributed by atoms with van der Waals surface area (Å²) < 4.78 is 28.6. The number of nitrogen functional groups attached to an aromatic ring is 1. The molecule has 0 radical (unpaired) electrons. The fourth-order valence-electron chi connectivity index (χ4n) is 3.41. The monoisotopic (exact) mass is 467 g/mol. The number of benzene rings is 2. The van der Waals surface area contributed by atoms with Gasteiger partial charge >= 0.3 is 0 Å². The second-order valence-electron chi connectivity index (χ2n) is 6.86. The van der Waals surface area contributed by atoms with Gasteiger partial charge in [0.15, 0.2) is 0 Å². The van der Waals surface area contributed by atoms with E-state index in [1.807, 2.05) is 13.0 Å². The Labute approximate surface area is 190 Å². The highest BCUT2D eigenvalue weighted by Gasteiger charge is 2.40. The Balaban J connectivity index is 1.91. The lowest BCUT2D eigenvalue weighted by Crippen LogP contribution is -2.48. The molecule has 0 amide bonds. The number of sulfonamides is 1. The molecule has 0 saturated carbocycles. The molecule has 2 aromatic carbocycles. The highest BCUT2D eigenvalue weighted by Crippen LogP contribution is 2.40. The number of aromatic nitrogens is 2. The van der Waals surface area contributed by atoms with E-state index in [1.54, 1.807) is 42.5 Å². The smallest absolute Gasteiger partial charge is 0.273 e. The van der Waals surface area contributed by atoms with Crippen LogP contribution in [0.1, 0.15) is 18.9 Å².